The molecular formula is C24H17BrCl2N2O4. The molecule has 3 aromatic rings. The lowest BCUT2D eigenvalue weighted by Crippen LogP contribution is -2.50. The molecular weight excluding hydrogens is 531 g/mol. The smallest absolute Gasteiger partial charge is 0.326 e. The van der Waals surface area contributed by atoms with Crippen molar-refractivity contribution < 1.29 is 19.5 Å². The number of anilines is 1. The van der Waals surface area contributed by atoms with Crippen LogP contribution >= 0.6 is 39.1 Å². The van der Waals surface area contributed by atoms with Crippen LogP contribution in [-0.4, -0.2) is 33.8 Å². The van der Waals surface area contributed by atoms with Crippen LogP contribution in [0, 0.1) is 0 Å². The predicted molar refractivity (Wildman–Crippen MR) is 130 cm³/mol. The summed E-state index contributed by atoms with van der Waals surface area (Å²) in [6.45, 7) is 0. The van der Waals surface area contributed by atoms with E-state index in [-0.39, 0.29) is 12.0 Å². The van der Waals surface area contributed by atoms with Gasteiger partial charge >= 0.3 is 5.97 Å². The van der Waals surface area contributed by atoms with Crippen LogP contribution in [0.1, 0.15) is 27.5 Å². The summed E-state index contributed by atoms with van der Waals surface area (Å²) in [7, 11) is 0. The van der Waals surface area contributed by atoms with Crippen LogP contribution in [0.15, 0.2) is 71.2 Å². The summed E-state index contributed by atoms with van der Waals surface area (Å²) in [4.78, 5) is 40.7. The molecule has 0 fully saturated rings. The van der Waals surface area contributed by atoms with Crippen molar-refractivity contribution in [2.24, 2.45) is 0 Å². The minimum atomic E-state index is -1.32. The lowest BCUT2D eigenvalue weighted by atomic mass is 9.98. The van der Waals surface area contributed by atoms with E-state index >= 15 is 0 Å². The van der Waals surface area contributed by atoms with Gasteiger partial charge in [-0.15, -0.1) is 0 Å². The predicted octanol–water partition coefficient (Wildman–Crippen LogP) is 5.59. The molecule has 2 amide bonds. The van der Waals surface area contributed by atoms with Gasteiger partial charge in [0.25, 0.3) is 11.8 Å². The van der Waals surface area contributed by atoms with Crippen LogP contribution in [0.25, 0.3) is 0 Å². The Bertz CT molecular complexity index is 1230. The zero-order valence-electron chi connectivity index (χ0n) is 17.0. The molecule has 1 aliphatic rings. The van der Waals surface area contributed by atoms with E-state index < -0.39 is 29.9 Å². The van der Waals surface area contributed by atoms with E-state index in [4.69, 9.17) is 23.2 Å². The third-order valence-corrected chi connectivity index (χ3v) is 6.38. The Morgan fingerprint density at radius 2 is 1.61 bits per heavy atom. The van der Waals surface area contributed by atoms with Gasteiger partial charge < -0.3 is 15.3 Å². The van der Waals surface area contributed by atoms with Gasteiger partial charge in [-0.05, 0) is 53.6 Å². The average Bonchev–Trinajstić information content (AvgIpc) is 2.88. The summed E-state index contributed by atoms with van der Waals surface area (Å²) in [5.41, 5.74) is 1.61. The van der Waals surface area contributed by atoms with Crippen LogP contribution in [-0.2, 0) is 16.0 Å². The Kier molecular flexibility index (Phi) is 6.74. The molecule has 9 heteroatoms. The fraction of sp³-hybridized carbons (Fsp3) is 0.125. The number of carbonyl (C=O) groups is 3. The van der Waals surface area contributed by atoms with E-state index in [1.54, 1.807) is 66.7 Å². The van der Waals surface area contributed by atoms with Crippen LogP contribution < -0.4 is 5.32 Å². The minimum Gasteiger partial charge on any atom is -0.480 e. The van der Waals surface area contributed by atoms with Gasteiger partial charge in [0, 0.05) is 20.9 Å². The standard InChI is InChI=1S/C24H17BrCl2N2O4/c25-15-5-10-19-18(12-15)23(31)29(20(24(32)33)11-13-1-6-16(26)7-2-13)21(22(30)28-19)14-3-8-17(27)9-4-14/h1-10,12,20-21H,11H2,(H,28,30)(H,32,33). The molecule has 6 nitrogen and oxygen atoms in total. The van der Waals surface area contributed by atoms with E-state index in [0.29, 0.717) is 31.3 Å². The Morgan fingerprint density at radius 1 is 1.00 bits per heavy atom. The van der Waals surface area contributed by atoms with Crippen molar-refractivity contribution in [2.45, 2.75) is 18.5 Å². The first-order chi connectivity index (χ1) is 15.7. The highest BCUT2D eigenvalue weighted by molar-refractivity contribution is 9.10. The topological polar surface area (TPSA) is 86.7 Å². The average molecular weight is 548 g/mol. The zero-order valence-corrected chi connectivity index (χ0v) is 20.1. The van der Waals surface area contributed by atoms with Crippen molar-refractivity contribution in [3.8, 4) is 0 Å². The number of halogens is 3. The second-order valence-electron chi connectivity index (χ2n) is 7.53. The number of carboxylic acids is 1. The largest absolute Gasteiger partial charge is 0.480 e. The second kappa shape index (κ2) is 9.55. The number of hydrogen-bond acceptors (Lipinski definition) is 3. The van der Waals surface area contributed by atoms with Crippen molar-refractivity contribution in [3.05, 3.63) is 97.9 Å². The number of fused-ring (bicyclic) bond motifs is 1. The number of carbonyl (C=O) groups excluding carboxylic acids is 2. The van der Waals surface area contributed by atoms with Gasteiger partial charge in [-0.3, -0.25) is 9.59 Å². The van der Waals surface area contributed by atoms with Gasteiger partial charge in [0.05, 0.1) is 11.3 Å². The molecule has 3 aromatic carbocycles. The fourth-order valence-corrected chi connectivity index (χ4v) is 4.43. The summed E-state index contributed by atoms with van der Waals surface area (Å²) in [6.07, 6.45) is -0.0149. The molecule has 33 heavy (non-hydrogen) atoms. The molecule has 1 aliphatic heterocycles. The van der Waals surface area contributed by atoms with Gasteiger partial charge in [0.15, 0.2) is 0 Å². The highest BCUT2D eigenvalue weighted by Gasteiger charge is 2.43. The molecule has 2 unspecified atom stereocenters. The maximum absolute atomic E-state index is 13.8. The number of aliphatic carboxylic acids is 1. The van der Waals surface area contributed by atoms with Crippen molar-refractivity contribution in [2.75, 3.05) is 5.32 Å². The summed E-state index contributed by atoms with van der Waals surface area (Å²) in [5, 5.41) is 13.9. The molecule has 1 heterocycles. The molecule has 0 saturated heterocycles. The molecule has 2 N–H and O–H groups in total. The molecule has 0 bridgehead atoms. The van der Waals surface area contributed by atoms with E-state index in [0.717, 1.165) is 4.90 Å². The molecule has 0 aliphatic carbocycles. The van der Waals surface area contributed by atoms with Crippen LogP contribution in [0.2, 0.25) is 10.0 Å². The number of carboxylic acid groups (broad SMARTS) is 1. The van der Waals surface area contributed by atoms with E-state index in [1.165, 1.54) is 0 Å². The molecule has 0 aromatic heterocycles. The highest BCUT2D eigenvalue weighted by atomic mass is 79.9. The third-order valence-electron chi connectivity index (χ3n) is 5.38. The van der Waals surface area contributed by atoms with Gasteiger partial charge in [-0.2, -0.15) is 0 Å². The normalized spacial score (nSPS) is 16.6. The molecule has 2 atom stereocenters. The quantitative estimate of drug-likeness (QED) is 0.436. The van der Waals surface area contributed by atoms with E-state index in [1.807, 2.05) is 0 Å². The Morgan fingerprint density at radius 3 is 2.21 bits per heavy atom. The van der Waals surface area contributed by atoms with Crippen LogP contribution in [0.5, 0.6) is 0 Å². The fourth-order valence-electron chi connectivity index (χ4n) is 3.81. The lowest BCUT2D eigenvalue weighted by Gasteiger charge is -2.34. The first-order valence-corrected chi connectivity index (χ1v) is 11.5. The highest BCUT2D eigenvalue weighted by Crippen LogP contribution is 2.35. The summed E-state index contributed by atoms with van der Waals surface area (Å²) in [5.74, 6) is -2.33. The molecule has 168 valence electrons. The molecule has 0 saturated carbocycles. The third kappa shape index (κ3) is 4.90. The zero-order chi connectivity index (χ0) is 23.7. The lowest BCUT2D eigenvalue weighted by molar-refractivity contribution is -0.143. The van der Waals surface area contributed by atoms with Crippen LogP contribution in [0.4, 0.5) is 5.69 Å². The number of nitrogens with one attached hydrogen (secondary N) is 1. The monoisotopic (exact) mass is 546 g/mol. The van der Waals surface area contributed by atoms with Crippen molar-refractivity contribution in [3.63, 3.8) is 0 Å². The number of rotatable bonds is 5. The second-order valence-corrected chi connectivity index (χ2v) is 9.32. The van der Waals surface area contributed by atoms with Gasteiger partial charge in [0.1, 0.15) is 12.1 Å². The van der Waals surface area contributed by atoms with Gasteiger partial charge in [-0.1, -0.05) is 63.4 Å². The minimum absolute atomic E-state index is 0.0149. The molecule has 4 rings (SSSR count). The Balaban J connectivity index is 1.87. The first kappa shape index (κ1) is 23.3. The molecule has 0 radical (unpaired) electrons. The van der Waals surface area contributed by atoms with Crippen molar-refractivity contribution in [1.82, 2.24) is 4.90 Å². The van der Waals surface area contributed by atoms with E-state index in [2.05, 4.69) is 21.2 Å². The summed E-state index contributed by atoms with van der Waals surface area (Å²) in [6, 6.07) is 15.5. The van der Waals surface area contributed by atoms with Crippen molar-refractivity contribution in [1.29, 1.82) is 0 Å². The van der Waals surface area contributed by atoms with Crippen LogP contribution in [0.3, 0.4) is 0 Å². The summed E-state index contributed by atoms with van der Waals surface area (Å²) >= 11 is 15.3. The number of amides is 2. The van der Waals surface area contributed by atoms with Gasteiger partial charge in [-0.25, -0.2) is 4.79 Å². The number of benzene rings is 3. The van der Waals surface area contributed by atoms with Gasteiger partial charge in [0.2, 0.25) is 0 Å². The summed E-state index contributed by atoms with van der Waals surface area (Å²) < 4.78 is 0.623. The SMILES string of the molecule is O=C(O)C(Cc1ccc(Cl)cc1)N1C(=O)c2cc(Br)ccc2NC(=O)C1c1ccc(Cl)cc1. The Labute approximate surface area is 208 Å². The van der Waals surface area contributed by atoms with Crippen molar-refractivity contribution >= 4 is 62.6 Å². The van der Waals surface area contributed by atoms with E-state index in [9.17, 15) is 19.5 Å². The Hall–Kier alpha value is -2.87. The maximum atomic E-state index is 13.8. The maximum Gasteiger partial charge on any atom is 0.326 e. The molecule has 0 spiro atoms. The number of hydrogen-bond donors (Lipinski definition) is 2. The first-order valence-electron chi connectivity index (χ1n) is 9.90. The number of nitrogens with zero attached hydrogens (tertiary/aromatic N) is 1.